The molecule has 1 saturated carbocycles. The molecule has 0 aliphatic heterocycles. The molecule has 202 valence electrons. The molecular formula is C30H36N2O6. The van der Waals surface area contributed by atoms with Gasteiger partial charge in [0.1, 0.15) is 6.10 Å². The fraction of sp³-hybridized carbons (Fsp3) is 0.500. The lowest BCUT2D eigenvalue weighted by Crippen LogP contribution is -2.26. The van der Waals surface area contributed by atoms with Gasteiger partial charge in [0, 0.05) is 30.4 Å². The van der Waals surface area contributed by atoms with Gasteiger partial charge in [-0.2, -0.15) is 0 Å². The van der Waals surface area contributed by atoms with Crippen molar-refractivity contribution in [3.63, 3.8) is 0 Å². The van der Waals surface area contributed by atoms with Crippen LogP contribution in [0.1, 0.15) is 95.8 Å². The minimum absolute atomic E-state index is 0.0551. The van der Waals surface area contributed by atoms with Gasteiger partial charge < -0.3 is 9.57 Å². The second kappa shape index (κ2) is 11.5. The van der Waals surface area contributed by atoms with Crippen LogP contribution in [0, 0.1) is 16.0 Å². The first-order valence-corrected chi connectivity index (χ1v) is 13.5. The van der Waals surface area contributed by atoms with Gasteiger partial charge in [-0.15, -0.1) is 0 Å². The summed E-state index contributed by atoms with van der Waals surface area (Å²) in [5, 5.41) is 15.5. The number of esters is 1. The summed E-state index contributed by atoms with van der Waals surface area (Å²) >= 11 is 0. The Morgan fingerprint density at radius 1 is 1.03 bits per heavy atom. The molecular weight excluding hydrogens is 484 g/mol. The van der Waals surface area contributed by atoms with Crippen LogP contribution in [0.25, 0.3) is 11.1 Å². The highest BCUT2D eigenvalue weighted by Crippen LogP contribution is 2.49. The minimum atomic E-state index is -0.480. The Morgan fingerprint density at radius 3 is 2.34 bits per heavy atom. The van der Waals surface area contributed by atoms with E-state index in [-0.39, 0.29) is 41.9 Å². The van der Waals surface area contributed by atoms with Crippen LogP contribution < -0.4 is 0 Å². The molecule has 4 rings (SSSR count). The van der Waals surface area contributed by atoms with Crippen LogP contribution in [0.5, 0.6) is 0 Å². The quantitative estimate of drug-likeness (QED) is 0.118. The third kappa shape index (κ3) is 5.79. The van der Waals surface area contributed by atoms with E-state index in [1.807, 2.05) is 39.0 Å². The zero-order valence-corrected chi connectivity index (χ0v) is 22.6. The molecule has 1 atom stereocenters. The first-order valence-electron chi connectivity index (χ1n) is 13.5. The van der Waals surface area contributed by atoms with Crippen molar-refractivity contribution in [1.29, 1.82) is 0 Å². The third-order valence-corrected chi connectivity index (χ3v) is 7.95. The SMILES string of the molecule is CCC(=O)ON=C(CCC(=O)OC(C)C1CCCCC1)c1ccc2c(c1)C(C)(C)c1cc([N+](=O)[O-])ccc1-2. The molecule has 0 amide bonds. The molecule has 0 saturated heterocycles. The third-order valence-electron chi connectivity index (χ3n) is 7.95. The summed E-state index contributed by atoms with van der Waals surface area (Å²) in [6.45, 7) is 7.72. The lowest BCUT2D eigenvalue weighted by Gasteiger charge is -2.27. The number of benzene rings is 2. The highest BCUT2D eigenvalue weighted by molar-refractivity contribution is 6.03. The van der Waals surface area contributed by atoms with E-state index in [2.05, 4.69) is 5.16 Å². The van der Waals surface area contributed by atoms with E-state index in [1.54, 1.807) is 19.1 Å². The molecule has 2 aromatic rings. The number of non-ortho nitro benzene ring substituents is 1. The van der Waals surface area contributed by atoms with Crippen molar-refractivity contribution in [3.05, 3.63) is 63.2 Å². The number of rotatable bonds is 9. The maximum absolute atomic E-state index is 12.7. The van der Waals surface area contributed by atoms with Crippen molar-refractivity contribution < 1.29 is 24.1 Å². The second-order valence-electron chi connectivity index (χ2n) is 10.8. The van der Waals surface area contributed by atoms with E-state index >= 15 is 0 Å². The zero-order valence-electron chi connectivity index (χ0n) is 22.6. The highest BCUT2D eigenvalue weighted by Gasteiger charge is 2.37. The summed E-state index contributed by atoms with van der Waals surface area (Å²) in [6, 6.07) is 10.8. The van der Waals surface area contributed by atoms with Crippen LogP contribution in [-0.4, -0.2) is 28.7 Å². The van der Waals surface area contributed by atoms with Gasteiger partial charge in [-0.3, -0.25) is 14.9 Å². The van der Waals surface area contributed by atoms with Gasteiger partial charge in [-0.25, -0.2) is 4.79 Å². The molecule has 0 spiro atoms. The lowest BCUT2D eigenvalue weighted by atomic mass is 9.81. The summed E-state index contributed by atoms with van der Waals surface area (Å²) in [5.41, 5.74) is 4.62. The highest BCUT2D eigenvalue weighted by atomic mass is 16.7. The minimum Gasteiger partial charge on any atom is -0.462 e. The van der Waals surface area contributed by atoms with Gasteiger partial charge in [-0.1, -0.05) is 57.3 Å². The number of fused-ring (bicyclic) bond motifs is 3. The molecule has 0 bridgehead atoms. The van der Waals surface area contributed by atoms with Gasteiger partial charge in [0.05, 0.1) is 17.1 Å². The number of nitrogens with zero attached hydrogens (tertiary/aromatic N) is 2. The molecule has 0 heterocycles. The Kier molecular flexibility index (Phi) is 8.29. The zero-order chi connectivity index (χ0) is 27.4. The smallest absolute Gasteiger partial charge is 0.334 e. The average Bonchev–Trinajstić information content (AvgIpc) is 3.14. The molecule has 2 aromatic carbocycles. The molecule has 38 heavy (non-hydrogen) atoms. The van der Waals surface area contributed by atoms with Crippen molar-refractivity contribution >= 4 is 23.3 Å². The monoisotopic (exact) mass is 520 g/mol. The maximum Gasteiger partial charge on any atom is 0.334 e. The predicted octanol–water partition coefficient (Wildman–Crippen LogP) is 6.85. The standard InChI is InChI=1S/C30H36N2O6/c1-5-28(33)38-31-27(15-16-29(34)37-19(2)20-9-7-6-8-10-20)21-11-13-23-24-14-12-22(32(35)36)18-26(24)30(3,4)25(23)17-21/h11-14,17-20H,5-10,15-16H2,1-4H3. The molecule has 2 aliphatic rings. The number of nitro groups is 1. The van der Waals surface area contributed by atoms with Crippen LogP contribution in [-0.2, 0) is 24.6 Å². The van der Waals surface area contributed by atoms with E-state index in [0.29, 0.717) is 11.6 Å². The van der Waals surface area contributed by atoms with E-state index in [1.165, 1.54) is 25.3 Å². The number of hydrogen-bond donors (Lipinski definition) is 0. The number of hydrogen-bond acceptors (Lipinski definition) is 7. The van der Waals surface area contributed by atoms with E-state index in [4.69, 9.17) is 9.57 Å². The Balaban J connectivity index is 1.56. The van der Waals surface area contributed by atoms with Crippen molar-refractivity contribution in [2.45, 2.75) is 90.6 Å². The Morgan fingerprint density at radius 2 is 1.68 bits per heavy atom. The largest absolute Gasteiger partial charge is 0.462 e. The van der Waals surface area contributed by atoms with E-state index < -0.39 is 11.4 Å². The number of nitro benzene ring substituents is 1. The van der Waals surface area contributed by atoms with Gasteiger partial charge in [0.15, 0.2) is 0 Å². The van der Waals surface area contributed by atoms with Crippen molar-refractivity contribution in [3.8, 4) is 11.1 Å². The predicted molar refractivity (Wildman–Crippen MR) is 145 cm³/mol. The van der Waals surface area contributed by atoms with Crippen LogP contribution in [0.15, 0.2) is 41.6 Å². The first-order chi connectivity index (χ1) is 18.1. The molecule has 0 N–H and O–H groups in total. The van der Waals surface area contributed by atoms with Crippen molar-refractivity contribution in [2.75, 3.05) is 0 Å². The van der Waals surface area contributed by atoms with Crippen molar-refractivity contribution in [2.24, 2.45) is 11.1 Å². The molecule has 0 aromatic heterocycles. The van der Waals surface area contributed by atoms with Crippen LogP contribution >= 0.6 is 0 Å². The Labute approximate surface area is 223 Å². The normalized spacial score (nSPS) is 17.3. The number of carbonyl (C=O) groups excluding carboxylic acids is 2. The summed E-state index contributed by atoms with van der Waals surface area (Å²) in [4.78, 5) is 40.7. The number of carbonyl (C=O) groups is 2. The summed E-state index contributed by atoms with van der Waals surface area (Å²) in [7, 11) is 0. The van der Waals surface area contributed by atoms with E-state index in [9.17, 15) is 19.7 Å². The fourth-order valence-electron chi connectivity index (χ4n) is 5.62. The van der Waals surface area contributed by atoms with Gasteiger partial charge >= 0.3 is 11.9 Å². The number of oxime groups is 1. The topological polar surface area (TPSA) is 108 Å². The molecule has 8 nitrogen and oxygen atoms in total. The summed E-state index contributed by atoms with van der Waals surface area (Å²) in [5.74, 6) is -0.348. The second-order valence-corrected chi connectivity index (χ2v) is 10.8. The maximum atomic E-state index is 12.7. The lowest BCUT2D eigenvalue weighted by molar-refractivity contribution is -0.384. The van der Waals surface area contributed by atoms with Gasteiger partial charge in [0.2, 0.25) is 0 Å². The van der Waals surface area contributed by atoms with Crippen LogP contribution in [0.3, 0.4) is 0 Å². The van der Waals surface area contributed by atoms with Crippen molar-refractivity contribution in [1.82, 2.24) is 0 Å². The molecule has 1 unspecified atom stereocenters. The molecule has 2 aliphatic carbocycles. The fourth-order valence-corrected chi connectivity index (χ4v) is 5.62. The number of ether oxygens (including phenoxy) is 1. The first kappa shape index (κ1) is 27.5. The van der Waals surface area contributed by atoms with Gasteiger partial charge in [-0.05, 0) is 65.6 Å². The van der Waals surface area contributed by atoms with Crippen LogP contribution in [0.4, 0.5) is 5.69 Å². The molecule has 8 heteroatoms. The average molecular weight is 521 g/mol. The molecule has 1 fully saturated rings. The summed E-state index contributed by atoms with van der Waals surface area (Å²) in [6.07, 6.45) is 6.21. The summed E-state index contributed by atoms with van der Waals surface area (Å²) < 4.78 is 5.75. The Hall–Kier alpha value is -3.55. The molecule has 0 radical (unpaired) electrons. The van der Waals surface area contributed by atoms with Crippen LogP contribution in [0.2, 0.25) is 0 Å². The van der Waals surface area contributed by atoms with E-state index in [0.717, 1.165) is 40.7 Å². The Bertz CT molecular complexity index is 1260. The van der Waals surface area contributed by atoms with Gasteiger partial charge in [0.25, 0.3) is 5.69 Å².